The van der Waals surface area contributed by atoms with Crippen LogP contribution in [0.2, 0.25) is 5.02 Å². The number of quaternary nitrogens is 1. The Morgan fingerprint density at radius 2 is 1.86 bits per heavy atom. The number of sulfone groups is 1. The Labute approximate surface area is 129 Å². The fraction of sp³-hybridized carbons (Fsp3) is 0.200. The summed E-state index contributed by atoms with van der Waals surface area (Å²) in [5.41, 5.74) is 4.42. The molecule has 112 valence electrons. The van der Waals surface area contributed by atoms with Crippen LogP contribution in [0, 0.1) is 0 Å². The van der Waals surface area contributed by atoms with E-state index in [1.165, 1.54) is 7.11 Å². The van der Waals surface area contributed by atoms with Crippen molar-refractivity contribution in [1.82, 2.24) is 0 Å². The van der Waals surface area contributed by atoms with Gasteiger partial charge >= 0.3 is 0 Å². The van der Waals surface area contributed by atoms with Gasteiger partial charge in [0.25, 0.3) is 0 Å². The number of rotatable bonds is 5. The molecule has 21 heavy (non-hydrogen) atoms. The van der Waals surface area contributed by atoms with Crippen molar-refractivity contribution in [2.75, 3.05) is 13.7 Å². The molecule has 0 aliphatic heterocycles. The van der Waals surface area contributed by atoms with Crippen LogP contribution >= 0.6 is 11.6 Å². The molecular weight excluding hydrogens is 310 g/mol. The van der Waals surface area contributed by atoms with Crippen LogP contribution in [0.1, 0.15) is 10.8 Å². The summed E-state index contributed by atoms with van der Waals surface area (Å²) in [6, 6.07) is 13.2. The SMILES string of the molecule is COc1ccc(S(=O)(=O)[C@H](C[NH3+])c2cccc(Cl)c2)cc1. The van der Waals surface area contributed by atoms with Gasteiger partial charge in [0.15, 0.2) is 9.84 Å². The summed E-state index contributed by atoms with van der Waals surface area (Å²) < 4.78 is 30.5. The van der Waals surface area contributed by atoms with E-state index in [-0.39, 0.29) is 11.4 Å². The van der Waals surface area contributed by atoms with Crippen molar-refractivity contribution in [2.24, 2.45) is 0 Å². The molecule has 0 saturated heterocycles. The molecule has 0 bridgehead atoms. The summed E-state index contributed by atoms with van der Waals surface area (Å²) in [4.78, 5) is 0.247. The number of benzene rings is 2. The number of hydrogen-bond donors (Lipinski definition) is 1. The fourth-order valence-corrected chi connectivity index (χ4v) is 4.00. The fourth-order valence-electron chi connectivity index (χ4n) is 2.14. The second-order valence-corrected chi connectivity index (χ2v) is 7.12. The predicted octanol–water partition coefficient (Wildman–Crippen LogP) is 2.11. The molecule has 2 aromatic carbocycles. The standard InChI is InChI=1S/C15H16ClNO3S/c1-20-13-5-7-14(8-6-13)21(18,19)15(10-17)11-3-2-4-12(16)9-11/h2-9,15H,10,17H2,1H3/p+1/t15-/m1/s1. The lowest BCUT2D eigenvalue weighted by atomic mass is 10.1. The second kappa shape index (κ2) is 6.47. The Hall–Kier alpha value is -1.56. The third kappa shape index (κ3) is 3.37. The first kappa shape index (κ1) is 15.8. The molecule has 6 heteroatoms. The smallest absolute Gasteiger partial charge is 0.190 e. The molecule has 0 unspecified atom stereocenters. The lowest BCUT2D eigenvalue weighted by Gasteiger charge is -2.15. The van der Waals surface area contributed by atoms with Gasteiger partial charge in [-0.2, -0.15) is 0 Å². The van der Waals surface area contributed by atoms with Crippen molar-refractivity contribution in [3.63, 3.8) is 0 Å². The molecule has 0 heterocycles. The van der Waals surface area contributed by atoms with Gasteiger partial charge in [0.1, 0.15) is 11.0 Å². The molecule has 0 fully saturated rings. The van der Waals surface area contributed by atoms with Gasteiger partial charge in [-0.1, -0.05) is 23.7 Å². The van der Waals surface area contributed by atoms with E-state index in [2.05, 4.69) is 5.73 Å². The van der Waals surface area contributed by atoms with E-state index in [0.29, 0.717) is 16.3 Å². The van der Waals surface area contributed by atoms with Crippen LogP contribution in [-0.2, 0) is 9.84 Å². The minimum atomic E-state index is -3.52. The lowest BCUT2D eigenvalue weighted by molar-refractivity contribution is -0.367. The number of ether oxygens (including phenoxy) is 1. The number of halogens is 1. The highest BCUT2D eigenvalue weighted by Gasteiger charge is 2.29. The quantitative estimate of drug-likeness (QED) is 0.914. The van der Waals surface area contributed by atoms with Gasteiger partial charge in [-0.3, -0.25) is 0 Å². The van der Waals surface area contributed by atoms with E-state index in [4.69, 9.17) is 16.3 Å². The number of hydrogen-bond acceptors (Lipinski definition) is 3. The Morgan fingerprint density at radius 1 is 1.19 bits per heavy atom. The summed E-state index contributed by atoms with van der Waals surface area (Å²) in [5, 5.41) is -0.208. The van der Waals surface area contributed by atoms with E-state index in [9.17, 15) is 8.42 Å². The van der Waals surface area contributed by atoms with Gasteiger partial charge in [0.2, 0.25) is 0 Å². The maximum absolute atomic E-state index is 12.8. The summed E-state index contributed by atoms with van der Waals surface area (Å²) in [6.07, 6.45) is 0. The zero-order chi connectivity index (χ0) is 15.5. The molecule has 0 saturated carbocycles. The highest BCUT2D eigenvalue weighted by Crippen LogP contribution is 2.30. The minimum Gasteiger partial charge on any atom is -0.497 e. The first-order valence-electron chi connectivity index (χ1n) is 6.41. The average molecular weight is 327 g/mol. The van der Waals surface area contributed by atoms with Crippen molar-refractivity contribution in [3.05, 3.63) is 59.1 Å². The van der Waals surface area contributed by atoms with E-state index in [1.807, 2.05) is 0 Å². The Kier molecular flexibility index (Phi) is 4.88. The Morgan fingerprint density at radius 3 is 2.38 bits per heavy atom. The topological polar surface area (TPSA) is 71.0 Å². The van der Waals surface area contributed by atoms with E-state index >= 15 is 0 Å². The van der Waals surface area contributed by atoms with Gasteiger partial charge in [-0.15, -0.1) is 0 Å². The molecular formula is C15H17ClNO3S+. The van der Waals surface area contributed by atoms with Gasteiger partial charge in [-0.05, 0) is 42.0 Å². The molecule has 0 aliphatic rings. The molecule has 2 rings (SSSR count). The van der Waals surface area contributed by atoms with Gasteiger partial charge in [0.05, 0.1) is 18.6 Å². The van der Waals surface area contributed by atoms with Gasteiger partial charge in [0, 0.05) is 5.02 Å². The molecule has 0 spiro atoms. The molecule has 4 nitrogen and oxygen atoms in total. The van der Waals surface area contributed by atoms with Gasteiger partial charge < -0.3 is 10.5 Å². The van der Waals surface area contributed by atoms with Crippen LogP contribution in [0.15, 0.2) is 53.4 Å². The molecule has 0 radical (unpaired) electrons. The molecule has 2 aromatic rings. The predicted molar refractivity (Wildman–Crippen MR) is 82.1 cm³/mol. The monoisotopic (exact) mass is 326 g/mol. The highest BCUT2D eigenvalue weighted by atomic mass is 35.5. The zero-order valence-electron chi connectivity index (χ0n) is 11.6. The third-order valence-electron chi connectivity index (χ3n) is 3.25. The molecule has 0 aromatic heterocycles. The van der Waals surface area contributed by atoms with Crippen LogP contribution < -0.4 is 10.5 Å². The van der Waals surface area contributed by atoms with Crippen molar-refractivity contribution in [1.29, 1.82) is 0 Å². The second-order valence-electron chi connectivity index (χ2n) is 4.55. The van der Waals surface area contributed by atoms with Crippen molar-refractivity contribution < 1.29 is 18.9 Å². The van der Waals surface area contributed by atoms with Crippen molar-refractivity contribution in [3.8, 4) is 5.75 Å². The minimum absolute atomic E-state index is 0.231. The van der Waals surface area contributed by atoms with E-state index in [1.54, 1.807) is 48.5 Å². The molecule has 0 amide bonds. The van der Waals surface area contributed by atoms with Crippen LogP contribution in [0.3, 0.4) is 0 Å². The third-order valence-corrected chi connectivity index (χ3v) is 5.67. The zero-order valence-corrected chi connectivity index (χ0v) is 13.2. The average Bonchev–Trinajstić information content (AvgIpc) is 2.48. The van der Waals surface area contributed by atoms with E-state index in [0.717, 1.165) is 0 Å². The largest absolute Gasteiger partial charge is 0.497 e. The molecule has 1 atom stereocenters. The molecule has 0 aliphatic carbocycles. The van der Waals surface area contributed by atoms with Gasteiger partial charge in [-0.25, -0.2) is 8.42 Å². The van der Waals surface area contributed by atoms with Crippen LogP contribution in [0.5, 0.6) is 5.75 Å². The first-order chi connectivity index (χ1) is 9.98. The maximum atomic E-state index is 12.8. The number of methoxy groups -OCH3 is 1. The van der Waals surface area contributed by atoms with Crippen LogP contribution in [-0.4, -0.2) is 22.1 Å². The summed E-state index contributed by atoms with van der Waals surface area (Å²) >= 11 is 5.95. The summed E-state index contributed by atoms with van der Waals surface area (Å²) in [6.45, 7) is 0.231. The van der Waals surface area contributed by atoms with Crippen molar-refractivity contribution >= 4 is 21.4 Å². The molecule has 3 N–H and O–H groups in total. The van der Waals surface area contributed by atoms with E-state index < -0.39 is 15.1 Å². The normalized spacial score (nSPS) is 12.9. The first-order valence-corrected chi connectivity index (χ1v) is 8.34. The summed E-state index contributed by atoms with van der Waals surface area (Å²) in [5.74, 6) is 0.614. The Balaban J connectivity index is 2.44. The Bertz CT molecular complexity index is 714. The highest BCUT2D eigenvalue weighted by molar-refractivity contribution is 7.91. The summed E-state index contributed by atoms with van der Waals surface area (Å²) in [7, 11) is -1.99. The van der Waals surface area contributed by atoms with Crippen LogP contribution in [0.25, 0.3) is 0 Å². The van der Waals surface area contributed by atoms with Crippen LogP contribution in [0.4, 0.5) is 0 Å². The van der Waals surface area contributed by atoms with Crippen molar-refractivity contribution in [2.45, 2.75) is 10.1 Å². The maximum Gasteiger partial charge on any atom is 0.190 e. The lowest BCUT2D eigenvalue weighted by Crippen LogP contribution is -2.54.